The fourth-order valence-corrected chi connectivity index (χ4v) is 2.45. The molecule has 0 bridgehead atoms. The van der Waals surface area contributed by atoms with Gasteiger partial charge in [0.1, 0.15) is 0 Å². The van der Waals surface area contributed by atoms with Crippen molar-refractivity contribution in [3.63, 3.8) is 0 Å². The van der Waals surface area contributed by atoms with E-state index in [9.17, 15) is 4.79 Å². The fourth-order valence-electron chi connectivity index (χ4n) is 2.09. The first-order chi connectivity index (χ1) is 10.7. The summed E-state index contributed by atoms with van der Waals surface area (Å²) >= 11 is 2.23. The molecule has 0 spiro atoms. The van der Waals surface area contributed by atoms with Crippen molar-refractivity contribution in [2.45, 2.75) is 6.54 Å². The van der Waals surface area contributed by atoms with E-state index in [0.717, 1.165) is 21.4 Å². The monoisotopic (exact) mass is 403 g/mol. The van der Waals surface area contributed by atoms with Gasteiger partial charge in [-0.3, -0.25) is 4.79 Å². The zero-order chi connectivity index (χ0) is 15.4. The second-order valence-electron chi connectivity index (χ2n) is 4.89. The predicted molar refractivity (Wildman–Crippen MR) is 94.9 cm³/mol. The van der Waals surface area contributed by atoms with E-state index in [1.54, 1.807) is 12.5 Å². The number of halogens is 1. The third-order valence-corrected chi connectivity index (χ3v) is 3.96. The molecule has 1 aromatic heterocycles. The van der Waals surface area contributed by atoms with Crippen LogP contribution in [0.5, 0.6) is 0 Å². The molecule has 2 aromatic carbocycles. The molecule has 110 valence electrons. The largest absolute Gasteiger partial charge is 0.333 e. The molecule has 0 aliphatic rings. The highest BCUT2D eigenvalue weighted by Gasteiger charge is 2.06. The van der Waals surface area contributed by atoms with E-state index < -0.39 is 0 Å². The molecule has 0 radical (unpaired) electrons. The molecule has 0 aliphatic carbocycles. The topological polar surface area (TPSA) is 46.9 Å². The molecular weight excluding hydrogens is 389 g/mol. The first kappa shape index (κ1) is 14.8. The smallest absolute Gasteiger partial charge is 0.255 e. The number of nitrogens with one attached hydrogen (secondary N) is 1. The lowest BCUT2D eigenvalue weighted by molar-refractivity contribution is 0.102. The molecule has 0 aliphatic heterocycles. The number of carbonyl (C=O) groups excluding carboxylic acids is 1. The second kappa shape index (κ2) is 6.74. The maximum Gasteiger partial charge on any atom is 0.255 e. The lowest BCUT2D eigenvalue weighted by atomic mass is 10.1. The molecule has 1 amide bonds. The van der Waals surface area contributed by atoms with E-state index in [-0.39, 0.29) is 5.91 Å². The van der Waals surface area contributed by atoms with Crippen molar-refractivity contribution < 1.29 is 4.79 Å². The summed E-state index contributed by atoms with van der Waals surface area (Å²) in [6, 6.07) is 15.3. The average molecular weight is 403 g/mol. The number of hydrogen-bond donors (Lipinski definition) is 1. The SMILES string of the molecule is O=C(Nc1ccc(I)cc1)c1ccc(Cn2ccnc2)cc1. The quantitative estimate of drug-likeness (QED) is 0.674. The Balaban J connectivity index is 1.66. The van der Waals surface area contributed by atoms with Gasteiger partial charge in [0.05, 0.1) is 6.33 Å². The lowest BCUT2D eigenvalue weighted by Gasteiger charge is -2.07. The van der Waals surface area contributed by atoms with Crippen molar-refractivity contribution in [2.24, 2.45) is 0 Å². The number of amides is 1. The minimum atomic E-state index is -0.101. The molecule has 3 aromatic rings. The van der Waals surface area contributed by atoms with E-state index in [2.05, 4.69) is 32.9 Å². The molecule has 1 heterocycles. The highest BCUT2D eigenvalue weighted by molar-refractivity contribution is 14.1. The van der Waals surface area contributed by atoms with Gasteiger partial charge in [-0.05, 0) is 64.6 Å². The van der Waals surface area contributed by atoms with Gasteiger partial charge in [0.2, 0.25) is 0 Å². The van der Waals surface area contributed by atoms with E-state index in [4.69, 9.17) is 0 Å². The average Bonchev–Trinajstić information content (AvgIpc) is 3.03. The van der Waals surface area contributed by atoms with Crippen molar-refractivity contribution in [1.29, 1.82) is 0 Å². The van der Waals surface area contributed by atoms with E-state index in [0.29, 0.717) is 5.56 Å². The predicted octanol–water partition coefficient (Wildman–Crippen LogP) is 3.79. The molecule has 3 rings (SSSR count). The van der Waals surface area contributed by atoms with Crippen molar-refractivity contribution in [1.82, 2.24) is 9.55 Å². The Hall–Kier alpha value is -2.15. The number of benzene rings is 2. The molecule has 0 saturated carbocycles. The van der Waals surface area contributed by atoms with E-state index in [1.165, 1.54) is 0 Å². The van der Waals surface area contributed by atoms with Crippen molar-refractivity contribution >= 4 is 34.2 Å². The first-order valence-corrected chi connectivity index (χ1v) is 7.90. The molecule has 4 nitrogen and oxygen atoms in total. The summed E-state index contributed by atoms with van der Waals surface area (Å²) in [5.74, 6) is -0.101. The molecular formula is C17H14IN3O. The zero-order valence-electron chi connectivity index (χ0n) is 11.7. The molecule has 22 heavy (non-hydrogen) atoms. The molecule has 0 saturated heterocycles. The Labute approximate surface area is 142 Å². The molecule has 0 unspecified atom stereocenters. The number of aromatic nitrogens is 2. The van der Waals surface area contributed by atoms with Crippen LogP contribution >= 0.6 is 22.6 Å². The summed E-state index contributed by atoms with van der Waals surface area (Å²) in [4.78, 5) is 16.2. The number of hydrogen-bond acceptors (Lipinski definition) is 2. The molecule has 1 N–H and O–H groups in total. The number of rotatable bonds is 4. The van der Waals surface area contributed by atoms with Crippen LogP contribution in [0.4, 0.5) is 5.69 Å². The van der Waals surface area contributed by atoms with Crippen LogP contribution in [0.2, 0.25) is 0 Å². The van der Waals surface area contributed by atoms with Gasteiger partial charge < -0.3 is 9.88 Å². The van der Waals surface area contributed by atoms with Crippen molar-refractivity contribution in [2.75, 3.05) is 5.32 Å². The van der Waals surface area contributed by atoms with Gasteiger partial charge in [-0.2, -0.15) is 0 Å². The zero-order valence-corrected chi connectivity index (χ0v) is 13.9. The van der Waals surface area contributed by atoms with Gasteiger partial charge in [0.15, 0.2) is 0 Å². The number of carbonyl (C=O) groups is 1. The third-order valence-electron chi connectivity index (χ3n) is 3.24. The highest BCUT2D eigenvalue weighted by atomic mass is 127. The van der Waals surface area contributed by atoms with Gasteiger partial charge in [-0.25, -0.2) is 4.98 Å². The summed E-state index contributed by atoms with van der Waals surface area (Å²) in [6.07, 6.45) is 5.44. The number of imidazole rings is 1. The fraction of sp³-hybridized carbons (Fsp3) is 0.0588. The highest BCUT2D eigenvalue weighted by Crippen LogP contribution is 2.13. The van der Waals surface area contributed by atoms with Crippen LogP contribution in [0, 0.1) is 3.57 Å². The minimum absolute atomic E-state index is 0.101. The standard InChI is InChI=1S/C17H14IN3O/c18-15-5-7-16(8-6-15)20-17(22)14-3-1-13(2-4-14)11-21-10-9-19-12-21/h1-10,12H,11H2,(H,20,22). The summed E-state index contributed by atoms with van der Waals surface area (Å²) in [5.41, 5.74) is 2.57. The molecule has 5 heteroatoms. The Morgan fingerprint density at radius 1 is 1.09 bits per heavy atom. The van der Waals surface area contributed by atoms with Crippen LogP contribution in [0.3, 0.4) is 0 Å². The normalized spacial score (nSPS) is 10.4. The maximum absolute atomic E-state index is 12.2. The van der Waals surface area contributed by atoms with Crippen LogP contribution in [-0.4, -0.2) is 15.5 Å². The molecule has 0 fully saturated rings. The van der Waals surface area contributed by atoms with Crippen LogP contribution in [-0.2, 0) is 6.54 Å². The van der Waals surface area contributed by atoms with Gasteiger partial charge in [-0.15, -0.1) is 0 Å². The Bertz CT molecular complexity index is 750. The van der Waals surface area contributed by atoms with Gasteiger partial charge in [0, 0.05) is 33.8 Å². The van der Waals surface area contributed by atoms with Crippen LogP contribution in [0.25, 0.3) is 0 Å². The van der Waals surface area contributed by atoms with E-state index in [1.807, 2.05) is 59.3 Å². The summed E-state index contributed by atoms with van der Waals surface area (Å²) in [6.45, 7) is 0.749. The Kier molecular flexibility index (Phi) is 4.53. The number of nitrogens with zero attached hydrogens (tertiary/aromatic N) is 2. The first-order valence-electron chi connectivity index (χ1n) is 6.82. The summed E-state index contributed by atoms with van der Waals surface area (Å²) in [7, 11) is 0. The van der Waals surface area contributed by atoms with Crippen LogP contribution in [0.1, 0.15) is 15.9 Å². The Morgan fingerprint density at radius 2 is 1.82 bits per heavy atom. The van der Waals surface area contributed by atoms with Crippen molar-refractivity contribution in [3.8, 4) is 0 Å². The van der Waals surface area contributed by atoms with Gasteiger partial charge in [-0.1, -0.05) is 12.1 Å². The summed E-state index contributed by atoms with van der Waals surface area (Å²) < 4.78 is 3.13. The van der Waals surface area contributed by atoms with Crippen LogP contribution < -0.4 is 5.32 Å². The van der Waals surface area contributed by atoms with Crippen LogP contribution in [0.15, 0.2) is 67.3 Å². The minimum Gasteiger partial charge on any atom is -0.333 e. The van der Waals surface area contributed by atoms with Gasteiger partial charge >= 0.3 is 0 Å². The lowest BCUT2D eigenvalue weighted by Crippen LogP contribution is -2.11. The third kappa shape index (κ3) is 3.73. The summed E-state index contributed by atoms with van der Waals surface area (Å²) in [5, 5.41) is 2.89. The Morgan fingerprint density at radius 3 is 2.45 bits per heavy atom. The maximum atomic E-state index is 12.2. The van der Waals surface area contributed by atoms with E-state index >= 15 is 0 Å². The van der Waals surface area contributed by atoms with Gasteiger partial charge in [0.25, 0.3) is 5.91 Å². The number of anilines is 1. The second-order valence-corrected chi connectivity index (χ2v) is 6.14. The molecule has 0 atom stereocenters. The van der Waals surface area contributed by atoms with Crippen molar-refractivity contribution in [3.05, 3.63) is 81.9 Å².